The second kappa shape index (κ2) is 6.10. The van der Waals surface area contributed by atoms with Gasteiger partial charge < -0.3 is 15.8 Å². The van der Waals surface area contributed by atoms with Crippen LogP contribution in [0.2, 0.25) is 0 Å². The highest BCUT2D eigenvalue weighted by molar-refractivity contribution is 5.60. The molecule has 0 aliphatic rings. The van der Waals surface area contributed by atoms with Gasteiger partial charge in [-0.2, -0.15) is 4.98 Å². The molecule has 8 heteroatoms. The number of nitro groups is 1. The molecule has 18 heavy (non-hydrogen) atoms. The lowest BCUT2D eigenvalue weighted by Gasteiger charge is -2.14. The molecule has 0 radical (unpaired) electrons. The van der Waals surface area contributed by atoms with Gasteiger partial charge in [0.2, 0.25) is 11.8 Å². The molecule has 0 bridgehead atoms. The molecule has 0 aliphatic carbocycles. The lowest BCUT2D eigenvalue weighted by molar-refractivity contribution is -0.385. The highest BCUT2D eigenvalue weighted by Gasteiger charge is 2.22. The van der Waals surface area contributed by atoms with Crippen molar-refractivity contribution < 1.29 is 9.66 Å². The van der Waals surface area contributed by atoms with Crippen molar-refractivity contribution in [1.82, 2.24) is 9.97 Å². The fourth-order valence-corrected chi connectivity index (χ4v) is 1.51. The van der Waals surface area contributed by atoms with Gasteiger partial charge in [0, 0.05) is 19.8 Å². The van der Waals surface area contributed by atoms with Gasteiger partial charge in [0.25, 0.3) is 0 Å². The summed E-state index contributed by atoms with van der Waals surface area (Å²) in [5, 5.41) is 13.9. The maximum atomic E-state index is 11.0. The Kier molecular flexibility index (Phi) is 4.78. The molecule has 0 saturated carbocycles. The van der Waals surface area contributed by atoms with Crippen LogP contribution in [0.1, 0.15) is 19.0 Å². The van der Waals surface area contributed by atoms with Crippen molar-refractivity contribution in [2.75, 3.05) is 24.8 Å². The van der Waals surface area contributed by atoms with Crippen LogP contribution in [-0.2, 0) is 4.74 Å². The topological polar surface area (TPSA) is 116 Å². The molecule has 100 valence electrons. The van der Waals surface area contributed by atoms with Gasteiger partial charge in [-0.15, -0.1) is 0 Å². The minimum absolute atomic E-state index is 0.0135. The van der Waals surface area contributed by atoms with Gasteiger partial charge in [0.05, 0.1) is 4.92 Å². The van der Waals surface area contributed by atoms with E-state index < -0.39 is 4.92 Å². The van der Waals surface area contributed by atoms with Gasteiger partial charge >= 0.3 is 5.69 Å². The summed E-state index contributed by atoms with van der Waals surface area (Å²) in [7, 11) is 1.60. The Labute approximate surface area is 105 Å². The van der Waals surface area contributed by atoms with Crippen molar-refractivity contribution >= 4 is 17.5 Å². The molecule has 0 saturated heterocycles. The highest BCUT2D eigenvalue weighted by atomic mass is 16.6. The summed E-state index contributed by atoms with van der Waals surface area (Å²) in [6.07, 6.45) is 0.705. The van der Waals surface area contributed by atoms with Crippen molar-refractivity contribution in [3.63, 3.8) is 0 Å². The summed E-state index contributed by atoms with van der Waals surface area (Å²) >= 11 is 0. The predicted octanol–water partition coefficient (Wildman–Crippen LogP) is 1.11. The number of nitrogens with zero attached hydrogens (tertiary/aromatic N) is 3. The van der Waals surface area contributed by atoms with E-state index in [-0.39, 0.29) is 29.2 Å². The van der Waals surface area contributed by atoms with Gasteiger partial charge in [-0.1, -0.05) is 0 Å². The Morgan fingerprint density at radius 1 is 1.56 bits per heavy atom. The summed E-state index contributed by atoms with van der Waals surface area (Å²) in [4.78, 5) is 18.1. The molecule has 8 nitrogen and oxygen atoms in total. The number of hydrogen-bond acceptors (Lipinski definition) is 7. The lowest BCUT2D eigenvalue weighted by atomic mass is 10.2. The molecule has 0 aromatic carbocycles. The predicted molar refractivity (Wildman–Crippen MR) is 67.4 cm³/mol. The number of aromatic nitrogens is 2. The fourth-order valence-electron chi connectivity index (χ4n) is 1.51. The van der Waals surface area contributed by atoms with Crippen molar-refractivity contribution in [3.8, 4) is 0 Å². The molecule has 0 fully saturated rings. The number of nitrogens with one attached hydrogen (secondary N) is 1. The average molecular weight is 255 g/mol. The number of hydrogen-bond donors (Lipinski definition) is 2. The van der Waals surface area contributed by atoms with Crippen LogP contribution in [0, 0.1) is 17.0 Å². The van der Waals surface area contributed by atoms with Gasteiger partial charge in [-0.25, -0.2) is 4.98 Å². The van der Waals surface area contributed by atoms with Crippen molar-refractivity contribution in [2.24, 2.45) is 0 Å². The fraction of sp³-hybridized carbons (Fsp3) is 0.600. The minimum atomic E-state index is -0.514. The van der Waals surface area contributed by atoms with Crippen LogP contribution in [-0.4, -0.2) is 34.6 Å². The second-order valence-corrected chi connectivity index (χ2v) is 3.95. The van der Waals surface area contributed by atoms with E-state index in [0.29, 0.717) is 13.0 Å². The largest absolute Gasteiger partial charge is 0.385 e. The molecule has 1 rings (SSSR count). The van der Waals surface area contributed by atoms with Crippen LogP contribution < -0.4 is 11.1 Å². The van der Waals surface area contributed by atoms with Gasteiger partial charge in [0.1, 0.15) is 5.69 Å². The normalized spacial score (nSPS) is 12.2. The van der Waals surface area contributed by atoms with Crippen LogP contribution in [0.4, 0.5) is 17.5 Å². The van der Waals surface area contributed by atoms with E-state index in [1.54, 1.807) is 7.11 Å². The molecule has 1 unspecified atom stereocenters. The van der Waals surface area contributed by atoms with E-state index in [4.69, 9.17) is 10.5 Å². The maximum absolute atomic E-state index is 11.0. The van der Waals surface area contributed by atoms with Gasteiger partial charge in [-0.3, -0.25) is 10.1 Å². The first-order chi connectivity index (χ1) is 8.45. The van der Waals surface area contributed by atoms with Gasteiger partial charge in [-0.05, 0) is 20.3 Å². The van der Waals surface area contributed by atoms with Crippen molar-refractivity contribution in [1.29, 1.82) is 0 Å². The van der Waals surface area contributed by atoms with Crippen molar-refractivity contribution in [3.05, 3.63) is 15.8 Å². The number of nitrogens with two attached hydrogens (primary N) is 1. The first kappa shape index (κ1) is 14.1. The Morgan fingerprint density at radius 2 is 2.22 bits per heavy atom. The molecular weight excluding hydrogens is 238 g/mol. The smallest absolute Gasteiger partial charge is 0.332 e. The number of methoxy groups -OCH3 is 1. The van der Waals surface area contributed by atoms with E-state index in [2.05, 4.69) is 15.3 Å². The Hall–Kier alpha value is -1.96. The molecule has 1 heterocycles. The molecule has 1 aromatic rings. The van der Waals surface area contributed by atoms with Crippen LogP contribution in [0.5, 0.6) is 0 Å². The first-order valence-corrected chi connectivity index (χ1v) is 5.49. The van der Waals surface area contributed by atoms with Crippen LogP contribution in [0.3, 0.4) is 0 Å². The molecule has 0 spiro atoms. The van der Waals surface area contributed by atoms with E-state index in [1.807, 2.05) is 6.92 Å². The summed E-state index contributed by atoms with van der Waals surface area (Å²) < 4.78 is 4.94. The third-order valence-corrected chi connectivity index (χ3v) is 2.40. The van der Waals surface area contributed by atoms with Crippen molar-refractivity contribution in [2.45, 2.75) is 26.3 Å². The number of aryl methyl sites for hydroxylation is 1. The zero-order valence-electron chi connectivity index (χ0n) is 10.6. The summed E-state index contributed by atoms with van der Waals surface area (Å²) in [5.41, 5.74) is 5.59. The molecule has 0 amide bonds. The Balaban J connectivity index is 2.96. The zero-order chi connectivity index (χ0) is 13.7. The maximum Gasteiger partial charge on any atom is 0.332 e. The standard InChI is InChI=1S/C10H17N5O3/c1-6(4-5-18-3)12-9-8(15(16)17)7(2)13-10(11)14-9/h6H,4-5H2,1-3H3,(H3,11,12,13,14). The Morgan fingerprint density at radius 3 is 2.78 bits per heavy atom. The first-order valence-electron chi connectivity index (χ1n) is 5.49. The molecule has 1 aromatic heterocycles. The highest BCUT2D eigenvalue weighted by Crippen LogP contribution is 2.26. The molecule has 0 aliphatic heterocycles. The number of ether oxygens (including phenoxy) is 1. The number of nitrogen functional groups attached to an aromatic ring is 1. The van der Waals surface area contributed by atoms with E-state index in [1.165, 1.54) is 6.92 Å². The molecule has 1 atom stereocenters. The van der Waals surface area contributed by atoms with Crippen LogP contribution >= 0.6 is 0 Å². The monoisotopic (exact) mass is 255 g/mol. The quantitative estimate of drug-likeness (QED) is 0.577. The third-order valence-electron chi connectivity index (χ3n) is 2.40. The summed E-state index contributed by atoms with van der Waals surface area (Å²) in [5.74, 6) is 0.160. The van der Waals surface area contributed by atoms with Crippen LogP contribution in [0.15, 0.2) is 0 Å². The molecule has 3 N–H and O–H groups in total. The lowest BCUT2D eigenvalue weighted by Crippen LogP contribution is -2.20. The number of rotatable bonds is 6. The van der Waals surface area contributed by atoms with E-state index >= 15 is 0 Å². The average Bonchev–Trinajstić information content (AvgIpc) is 2.24. The second-order valence-electron chi connectivity index (χ2n) is 3.95. The summed E-state index contributed by atoms with van der Waals surface area (Å²) in [6.45, 7) is 3.97. The van der Waals surface area contributed by atoms with Crippen LogP contribution in [0.25, 0.3) is 0 Å². The third kappa shape index (κ3) is 3.52. The van der Waals surface area contributed by atoms with E-state index in [9.17, 15) is 10.1 Å². The Bertz CT molecular complexity index is 438. The van der Waals surface area contributed by atoms with E-state index in [0.717, 1.165) is 0 Å². The SMILES string of the molecule is COCCC(C)Nc1nc(N)nc(C)c1[N+](=O)[O-]. The molecular formula is C10H17N5O3. The summed E-state index contributed by atoms with van der Waals surface area (Å²) in [6, 6.07) is -0.0163. The minimum Gasteiger partial charge on any atom is -0.385 e. The number of anilines is 2. The van der Waals surface area contributed by atoms with Gasteiger partial charge in [0.15, 0.2) is 0 Å². The zero-order valence-corrected chi connectivity index (χ0v) is 10.6.